The summed E-state index contributed by atoms with van der Waals surface area (Å²) in [5, 5.41) is 0.336. The quantitative estimate of drug-likeness (QED) is 0.617. The monoisotopic (exact) mass is 281 g/mol. The van der Waals surface area contributed by atoms with Gasteiger partial charge in [-0.05, 0) is 50.7 Å². The first-order valence-corrected chi connectivity index (χ1v) is 7.33. The van der Waals surface area contributed by atoms with Gasteiger partial charge in [0.05, 0.1) is 5.56 Å². The van der Waals surface area contributed by atoms with Crippen molar-refractivity contribution < 1.29 is 9.53 Å². The number of ether oxygens (including phenoxy) is 1. The van der Waals surface area contributed by atoms with Gasteiger partial charge in [0, 0.05) is 5.69 Å². The number of carbonyl (C=O) groups excluding carboxylic acids is 1. The zero-order chi connectivity index (χ0) is 13.8. The number of hydrogen-bond acceptors (Lipinski definition) is 3. The van der Waals surface area contributed by atoms with Crippen molar-refractivity contribution in [1.82, 2.24) is 4.98 Å². The third-order valence-electron chi connectivity index (χ3n) is 3.78. The molecule has 1 fully saturated rings. The largest absolute Gasteiger partial charge is 0.458 e. The maximum atomic E-state index is 12.2. The second-order valence-electron chi connectivity index (χ2n) is 5.22. The van der Waals surface area contributed by atoms with Crippen molar-refractivity contribution in [1.29, 1.82) is 0 Å². The predicted molar refractivity (Wildman–Crippen MR) is 75.4 cm³/mol. The van der Waals surface area contributed by atoms with Gasteiger partial charge in [-0.2, -0.15) is 0 Å². The lowest BCUT2D eigenvalue weighted by molar-refractivity contribution is 0.000687. The highest BCUT2D eigenvalue weighted by Crippen LogP contribution is 2.29. The molecule has 0 aliphatic heterocycles. The zero-order valence-electron chi connectivity index (χ0n) is 11.5. The molecule has 1 aliphatic carbocycles. The van der Waals surface area contributed by atoms with Crippen LogP contribution < -0.4 is 0 Å². The number of aromatic nitrogens is 1. The fourth-order valence-electron chi connectivity index (χ4n) is 2.75. The van der Waals surface area contributed by atoms with E-state index in [0.717, 1.165) is 31.4 Å². The molecule has 104 valence electrons. The number of hydrogen-bond donors (Lipinski definition) is 0. The number of carbonyl (C=O) groups is 1. The number of pyridine rings is 1. The Bertz CT molecular complexity index is 441. The van der Waals surface area contributed by atoms with Crippen LogP contribution in [0, 0.1) is 12.8 Å². The van der Waals surface area contributed by atoms with E-state index in [1.165, 1.54) is 6.42 Å². The molecule has 1 aromatic rings. The molecule has 2 atom stereocenters. The molecule has 1 saturated carbocycles. The molecule has 2 rings (SSSR count). The van der Waals surface area contributed by atoms with Gasteiger partial charge >= 0.3 is 5.97 Å². The fourth-order valence-corrected chi connectivity index (χ4v) is 3.00. The highest BCUT2D eigenvalue weighted by molar-refractivity contribution is 6.29. The summed E-state index contributed by atoms with van der Waals surface area (Å²) in [4.78, 5) is 16.2. The van der Waals surface area contributed by atoms with Crippen molar-refractivity contribution in [3.63, 3.8) is 0 Å². The Balaban J connectivity index is 2.07. The normalized spacial score (nSPS) is 23.1. The van der Waals surface area contributed by atoms with Crippen LogP contribution in [-0.4, -0.2) is 17.1 Å². The fraction of sp³-hybridized carbons (Fsp3) is 0.600. The molecule has 1 aliphatic rings. The Labute approximate surface area is 119 Å². The Kier molecular flexibility index (Phi) is 4.81. The maximum Gasteiger partial charge on any atom is 0.338 e. The summed E-state index contributed by atoms with van der Waals surface area (Å²) in [6.07, 6.45) is 5.64. The van der Waals surface area contributed by atoms with E-state index in [2.05, 4.69) is 11.9 Å². The van der Waals surface area contributed by atoms with E-state index in [1.54, 1.807) is 12.1 Å². The van der Waals surface area contributed by atoms with Crippen molar-refractivity contribution in [3.05, 3.63) is 28.5 Å². The van der Waals surface area contributed by atoms with Gasteiger partial charge in [-0.1, -0.05) is 24.9 Å². The van der Waals surface area contributed by atoms with Gasteiger partial charge in [0.25, 0.3) is 0 Å². The molecule has 0 aromatic carbocycles. The van der Waals surface area contributed by atoms with Crippen LogP contribution in [0.15, 0.2) is 12.1 Å². The Morgan fingerprint density at radius 1 is 1.42 bits per heavy atom. The highest BCUT2D eigenvalue weighted by Gasteiger charge is 2.27. The first kappa shape index (κ1) is 14.3. The summed E-state index contributed by atoms with van der Waals surface area (Å²) in [7, 11) is 0. The number of nitrogens with zero attached hydrogens (tertiary/aromatic N) is 1. The SMILES string of the molecule is CCC1CCCCC1OC(=O)c1cc(C)nc(Cl)c1. The van der Waals surface area contributed by atoms with Gasteiger partial charge < -0.3 is 4.74 Å². The molecule has 2 unspecified atom stereocenters. The Hall–Kier alpha value is -1.09. The molecule has 19 heavy (non-hydrogen) atoms. The van der Waals surface area contributed by atoms with Crippen molar-refractivity contribution in [2.24, 2.45) is 5.92 Å². The zero-order valence-corrected chi connectivity index (χ0v) is 12.2. The van der Waals surface area contributed by atoms with E-state index in [0.29, 0.717) is 16.6 Å². The highest BCUT2D eigenvalue weighted by atomic mass is 35.5. The number of rotatable bonds is 3. The van der Waals surface area contributed by atoms with Crippen LogP contribution >= 0.6 is 11.6 Å². The summed E-state index contributed by atoms with van der Waals surface area (Å²) in [6, 6.07) is 3.29. The van der Waals surface area contributed by atoms with E-state index >= 15 is 0 Å². The van der Waals surface area contributed by atoms with E-state index in [-0.39, 0.29) is 12.1 Å². The molecule has 1 aromatic heterocycles. The second kappa shape index (κ2) is 6.38. The molecule has 1 heterocycles. The van der Waals surface area contributed by atoms with Crippen LogP contribution in [-0.2, 0) is 4.74 Å². The van der Waals surface area contributed by atoms with Crippen LogP contribution in [0.25, 0.3) is 0 Å². The standard InChI is InChI=1S/C15H20ClNO2/c1-3-11-6-4-5-7-13(11)19-15(18)12-8-10(2)17-14(16)9-12/h8-9,11,13H,3-7H2,1-2H3. The minimum Gasteiger partial charge on any atom is -0.458 e. The molecular formula is C15H20ClNO2. The third kappa shape index (κ3) is 3.69. The van der Waals surface area contributed by atoms with Crippen LogP contribution in [0.2, 0.25) is 5.15 Å². The molecule has 0 N–H and O–H groups in total. The lowest BCUT2D eigenvalue weighted by Gasteiger charge is -2.30. The first-order chi connectivity index (χ1) is 9.10. The van der Waals surface area contributed by atoms with Gasteiger partial charge in [0.2, 0.25) is 0 Å². The third-order valence-corrected chi connectivity index (χ3v) is 3.97. The van der Waals surface area contributed by atoms with Crippen molar-refractivity contribution in [3.8, 4) is 0 Å². The van der Waals surface area contributed by atoms with E-state index in [4.69, 9.17) is 16.3 Å². The average Bonchev–Trinajstić information content (AvgIpc) is 2.38. The molecule has 0 amide bonds. The minimum atomic E-state index is -0.280. The molecule has 3 nitrogen and oxygen atoms in total. The van der Waals surface area contributed by atoms with Crippen LogP contribution in [0.4, 0.5) is 0 Å². The molecule has 0 saturated heterocycles. The van der Waals surface area contributed by atoms with E-state index in [9.17, 15) is 4.79 Å². The van der Waals surface area contributed by atoms with Crippen molar-refractivity contribution >= 4 is 17.6 Å². The van der Waals surface area contributed by atoms with Gasteiger partial charge in [-0.25, -0.2) is 9.78 Å². The van der Waals surface area contributed by atoms with Gasteiger partial charge in [-0.3, -0.25) is 0 Å². The molecular weight excluding hydrogens is 262 g/mol. The first-order valence-electron chi connectivity index (χ1n) is 6.95. The number of aryl methyl sites for hydroxylation is 1. The smallest absolute Gasteiger partial charge is 0.338 e. The number of esters is 1. The summed E-state index contributed by atoms with van der Waals surface area (Å²) >= 11 is 5.87. The van der Waals surface area contributed by atoms with Gasteiger partial charge in [0.1, 0.15) is 11.3 Å². The van der Waals surface area contributed by atoms with E-state index in [1.807, 2.05) is 6.92 Å². The summed E-state index contributed by atoms with van der Waals surface area (Å²) in [5.74, 6) is 0.217. The molecule has 0 radical (unpaired) electrons. The van der Waals surface area contributed by atoms with Gasteiger partial charge in [-0.15, -0.1) is 0 Å². The topological polar surface area (TPSA) is 39.2 Å². The summed E-state index contributed by atoms with van der Waals surface area (Å²) < 4.78 is 5.67. The second-order valence-corrected chi connectivity index (χ2v) is 5.60. The van der Waals surface area contributed by atoms with Crippen molar-refractivity contribution in [2.75, 3.05) is 0 Å². The predicted octanol–water partition coefficient (Wildman–Crippen LogP) is 4.17. The van der Waals surface area contributed by atoms with Crippen LogP contribution in [0.3, 0.4) is 0 Å². The minimum absolute atomic E-state index is 0.0542. The Morgan fingerprint density at radius 2 is 2.16 bits per heavy atom. The molecule has 4 heteroatoms. The van der Waals surface area contributed by atoms with Crippen LogP contribution in [0.5, 0.6) is 0 Å². The summed E-state index contributed by atoms with van der Waals surface area (Å²) in [6.45, 7) is 3.97. The summed E-state index contributed by atoms with van der Waals surface area (Å²) in [5.41, 5.74) is 1.23. The van der Waals surface area contributed by atoms with E-state index < -0.39 is 0 Å². The average molecular weight is 282 g/mol. The lowest BCUT2D eigenvalue weighted by atomic mass is 9.85. The Morgan fingerprint density at radius 3 is 2.84 bits per heavy atom. The number of halogens is 1. The van der Waals surface area contributed by atoms with Gasteiger partial charge in [0.15, 0.2) is 0 Å². The maximum absolute atomic E-state index is 12.2. The molecule has 0 spiro atoms. The van der Waals surface area contributed by atoms with Crippen molar-refractivity contribution in [2.45, 2.75) is 52.1 Å². The lowest BCUT2D eigenvalue weighted by Crippen LogP contribution is -2.29. The van der Waals surface area contributed by atoms with Crippen LogP contribution in [0.1, 0.15) is 55.1 Å². The molecule has 0 bridgehead atoms.